The fraction of sp³-hybridized carbons (Fsp3) is 0.538. The Labute approximate surface area is 102 Å². The minimum absolute atomic E-state index is 0.0678. The van der Waals surface area contributed by atoms with Crippen molar-refractivity contribution in [2.75, 3.05) is 26.9 Å². The van der Waals surface area contributed by atoms with Crippen LogP contribution >= 0.6 is 0 Å². The molecule has 1 aromatic carbocycles. The van der Waals surface area contributed by atoms with Gasteiger partial charge in [0, 0.05) is 13.7 Å². The van der Waals surface area contributed by atoms with E-state index in [1.54, 1.807) is 7.11 Å². The van der Waals surface area contributed by atoms with E-state index in [4.69, 9.17) is 15.2 Å². The molecule has 0 aliphatic heterocycles. The van der Waals surface area contributed by atoms with Crippen molar-refractivity contribution in [2.24, 2.45) is 5.73 Å². The summed E-state index contributed by atoms with van der Waals surface area (Å²) in [5.41, 5.74) is 5.27. The van der Waals surface area contributed by atoms with Crippen LogP contribution in [-0.4, -0.2) is 38.1 Å². The predicted molar refractivity (Wildman–Crippen MR) is 66.7 cm³/mol. The average Bonchev–Trinajstić information content (AvgIpc) is 2.37. The summed E-state index contributed by atoms with van der Waals surface area (Å²) in [5, 5.41) is 10.4. The summed E-state index contributed by atoms with van der Waals surface area (Å²) < 4.78 is 10.5. The van der Waals surface area contributed by atoms with Crippen molar-refractivity contribution in [3.05, 3.63) is 35.9 Å². The highest BCUT2D eigenvalue weighted by molar-refractivity contribution is 5.22. The number of ether oxygens (including phenoxy) is 2. The van der Waals surface area contributed by atoms with Crippen LogP contribution in [-0.2, 0) is 15.1 Å². The first-order valence-electron chi connectivity index (χ1n) is 5.71. The van der Waals surface area contributed by atoms with Gasteiger partial charge < -0.3 is 20.3 Å². The molecule has 4 heteroatoms. The van der Waals surface area contributed by atoms with Gasteiger partial charge in [0.05, 0.1) is 19.3 Å². The Morgan fingerprint density at radius 1 is 1.35 bits per heavy atom. The lowest BCUT2D eigenvalue weighted by atomic mass is 9.95. The van der Waals surface area contributed by atoms with Crippen molar-refractivity contribution in [2.45, 2.75) is 18.6 Å². The van der Waals surface area contributed by atoms with Crippen LogP contribution in [0.3, 0.4) is 0 Å². The van der Waals surface area contributed by atoms with Crippen LogP contribution in [0.25, 0.3) is 0 Å². The molecule has 96 valence electrons. The topological polar surface area (TPSA) is 64.7 Å². The van der Waals surface area contributed by atoms with Crippen LogP contribution in [0.1, 0.15) is 12.5 Å². The molecule has 1 rings (SSSR count). The van der Waals surface area contributed by atoms with E-state index in [1.807, 2.05) is 37.3 Å². The highest BCUT2D eigenvalue weighted by atomic mass is 16.5. The molecule has 0 saturated carbocycles. The van der Waals surface area contributed by atoms with Gasteiger partial charge in [0.1, 0.15) is 5.60 Å². The number of rotatable bonds is 7. The second-order valence-electron chi connectivity index (χ2n) is 4.18. The van der Waals surface area contributed by atoms with Gasteiger partial charge in [-0.3, -0.25) is 0 Å². The lowest BCUT2D eigenvalue weighted by molar-refractivity contribution is -0.0823. The summed E-state index contributed by atoms with van der Waals surface area (Å²) in [6.45, 7) is 2.68. The average molecular weight is 239 g/mol. The van der Waals surface area contributed by atoms with E-state index in [0.29, 0.717) is 6.61 Å². The molecule has 0 heterocycles. The van der Waals surface area contributed by atoms with Crippen LogP contribution in [0.4, 0.5) is 0 Å². The molecule has 0 aliphatic carbocycles. The molecule has 2 unspecified atom stereocenters. The number of hydrogen-bond donors (Lipinski definition) is 2. The van der Waals surface area contributed by atoms with E-state index in [2.05, 4.69) is 0 Å². The largest absolute Gasteiger partial charge is 0.382 e. The molecule has 1 aromatic rings. The van der Waals surface area contributed by atoms with E-state index in [9.17, 15) is 5.11 Å². The first kappa shape index (κ1) is 14.1. The third-order valence-corrected chi connectivity index (χ3v) is 2.66. The summed E-state index contributed by atoms with van der Waals surface area (Å²) in [6, 6.07) is 9.33. The molecule has 0 radical (unpaired) electrons. The highest BCUT2D eigenvalue weighted by Gasteiger charge is 2.28. The lowest BCUT2D eigenvalue weighted by Crippen LogP contribution is -2.41. The summed E-state index contributed by atoms with van der Waals surface area (Å²) in [6.07, 6.45) is -0.0678. The Bertz CT molecular complexity index is 318. The summed E-state index contributed by atoms with van der Waals surface area (Å²) in [4.78, 5) is 0. The molecule has 0 saturated heterocycles. The molecule has 0 aromatic heterocycles. The van der Waals surface area contributed by atoms with Gasteiger partial charge in [0.25, 0.3) is 0 Å². The molecule has 17 heavy (non-hydrogen) atoms. The van der Waals surface area contributed by atoms with E-state index < -0.39 is 5.60 Å². The molecule has 0 fully saturated rings. The third-order valence-electron chi connectivity index (χ3n) is 2.66. The van der Waals surface area contributed by atoms with E-state index >= 15 is 0 Å². The minimum Gasteiger partial charge on any atom is -0.382 e. The molecule has 0 spiro atoms. The predicted octanol–water partition coefficient (Wildman–Crippen LogP) is 0.884. The van der Waals surface area contributed by atoms with Crippen molar-refractivity contribution in [3.63, 3.8) is 0 Å². The fourth-order valence-electron chi connectivity index (χ4n) is 1.57. The number of methoxy groups -OCH3 is 1. The first-order valence-corrected chi connectivity index (χ1v) is 5.71. The van der Waals surface area contributed by atoms with Gasteiger partial charge in [0.2, 0.25) is 0 Å². The maximum atomic E-state index is 10.4. The van der Waals surface area contributed by atoms with Gasteiger partial charge in [0.15, 0.2) is 0 Å². The summed E-state index contributed by atoms with van der Waals surface area (Å²) in [5.74, 6) is 0. The number of aliphatic hydroxyl groups is 1. The van der Waals surface area contributed by atoms with Crippen LogP contribution in [0.5, 0.6) is 0 Å². The zero-order valence-electron chi connectivity index (χ0n) is 10.4. The smallest absolute Gasteiger partial charge is 0.125 e. The Morgan fingerprint density at radius 3 is 2.53 bits per heavy atom. The Hall–Kier alpha value is -0.940. The first-order chi connectivity index (χ1) is 8.12. The van der Waals surface area contributed by atoms with Crippen LogP contribution in [0.15, 0.2) is 30.3 Å². The van der Waals surface area contributed by atoms with Gasteiger partial charge in [-0.1, -0.05) is 30.3 Å². The van der Waals surface area contributed by atoms with Crippen molar-refractivity contribution >= 4 is 0 Å². The van der Waals surface area contributed by atoms with Crippen LogP contribution in [0.2, 0.25) is 0 Å². The molecule has 0 aliphatic rings. The van der Waals surface area contributed by atoms with Gasteiger partial charge in [-0.25, -0.2) is 0 Å². The molecule has 0 bridgehead atoms. The standard InChI is InChI=1S/C13H21NO3/c1-11(8-16-2)17-10-13(15,9-14)12-6-4-3-5-7-12/h3-7,11,15H,8-10,14H2,1-2H3. The number of nitrogens with two attached hydrogens (primary N) is 1. The highest BCUT2D eigenvalue weighted by Crippen LogP contribution is 2.20. The molecular formula is C13H21NO3. The van der Waals surface area contributed by atoms with Gasteiger partial charge >= 0.3 is 0 Å². The van der Waals surface area contributed by atoms with Crippen molar-refractivity contribution in [1.29, 1.82) is 0 Å². The monoisotopic (exact) mass is 239 g/mol. The van der Waals surface area contributed by atoms with Gasteiger partial charge in [-0.15, -0.1) is 0 Å². The number of benzene rings is 1. The minimum atomic E-state index is -1.14. The van der Waals surface area contributed by atoms with Crippen molar-refractivity contribution in [3.8, 4) is 0 Å². The van der Waals surface area contributed by atoms with Crippen LogP contribution in [0, 0.1) is 0 Å². The summed E-state index contributed by atoms with van der Waals surface area (Å²) >= 11 is 0. The zero-order chi connectivity index (χ0) is 12.7. The third kappa shape index (κ3) is 4.09. The van der Waals surface area contributed by atoms with Crippen molar-refractivity contribution < 1.29 is 14.6 Å². The van der Waals surface area contributed by atoms with E-state index in [-0.39, 0.29) is 19.3 Å². The fourth-order valence-corrected chi connectivity index (χ4v) is 1.57. The second kappa shape index (κ2) is 6.71. The van der Waals surface area contributed by atoms with E-state index in [0.717, 1.165) is 5.56 Å². The second-order valence-corrected chi connectivity index (χ2v) is 4.18. The maximum Gasteiger partial charge on any atom is 0.125 e. The maximum absolute atomic E-state index is 10.4. The molecule has 2 atom stereocenters. The van der Waals surface area contributed by atoms with Crippen LogP contribution < -0.4 is 5.73 Å². The molecule has 4 nitrogen and oxygen atoms in total. The Kier molecular flexibility index (Phi) is 5.58. The van der Waals surface area contributed by atoms with E-state index in [1.165, 1.54) is 0 Å². The molecule has 0 amide bonds. The quantitative estimate of drug-likeness (QED) is 0.741. The van der Waals surface area contributed by atoms with Crippen molar-refractivity contribution in [1.82, 2.24) is 0 Å². The Balaban J connectivity index is 2.63. The summed E-state index contributed by atoms with van der Waals surface area (Å²) in [7, 11) is 1.62. The molecular weight excluding hydrogens is 218 g/mol. The zero-order valence-corrected chi connectivity index (χ0v) is 10.4. The molecule has 3 N–H and O–H groups in total. The normalized spacial score (nSPS) is 16.5. The Morgan fingerprint density at radius 2 is 2.00 bits per heavy atom. The van der Waals surface area contributed by atoms with Gasteiger partial charge in [-0.2, -0.15) is 0 Å². The van der Waals surface area contributed by atoms with Gasteiger partial charge in [-0.05, 0) is 12.5 Å². The number of hydrogen-bond acceptors (Lipinski definition) is 4. The SMILES string of the molecule is COCC(C)OCC(O)(CN)c1ccccc1. The lowest BCUT2D eigenvalue weighted by Gasteiger charge is -2.28.